The molecular weight excluding hydrogens is 177 g/mol. The number of hydrogen-bond donors (Lipinski definition) is 0. The van der Waals surface area contributed by atoms with E-state index < -0.39 is 0 Å². The lowest BCUT2D eigenvalue weighted by Crippen LogP contribution is -2.29. The number of hydrogen-bond acceptors (Lipinski definition) is 1. The van der Waals surface area contributed by atoms with Crippen LogP contribution in [0.4, 0.5) is 4.39 Å². The normalized spacial score (nSPS) is 18.3. The van der Waals surface area contributed by atoms with Gasteiger partial charge in [0.2, 0.25) is 0 Å². The molecule has 0 aromatic heterocycles. The molecule has 72 valence electrons. The van der Waals surface area contributed by atoms with E-state index in [9.17, 15) is 4.39 Å². The molecule has 0 N–H and O–H groups in total. The van der Waals surface area contributed by atoms with E-state index in [1.807, 2.05) is 6.07 Å². The van der Waals surface area contributed by atoms with Crippen LogP contribution in [0.15, 0.2) is 24.3 Å². The van der Waals surface area contributed by atoms with Crippen molar-refractivity contribution in [2.24, 2.45) is 5.41 Å². The molecule has 2 rings (SSSR count). The first-order valence-electron chi connectivity index (χ1n) is 4.90. The lowest BCUT2D eigenvalue weighted by molar-refractivity contribution is 0.214. The van der Waals surface area contributed by atoms with Gasteiger partial charge in [-0.15, -0.1) is 0 Å². The summed E-state index contributed by atoms with van der Waals surface area (Å²) in [6.45, 7) is 0. The zero-order valence-electron chi connectivity index (χ0n) is 7.96. The molecule has 0 aliphatic heterocycles. The van der Waals surface area contributed by atoms with Crippen LogP contribution in [0.2, 0.25) is 0 Å². The summed E-state index contributed by atoms with van der Waals surface area (Å²) < 4.78 is 12.9. The largest absolute Gasteiger partial charge is 0.207 e. The fraction of sp³-hybridized carbons (Fsp3) is 0.417. The maximum atomic E-state index is 12.9. The molecule has 1 aromatic carbocycles. The van der Waals surface area contributed by atoms with Crippen LogP contribution in [0.5, 0.6) is 0 Å². The molecule has 0 radical (unpaired) electrons. The molecule has 0 heterocycles. The van der Waals surface area contributed by atoms with Crippen molar-refractivity contribution >= 4 is 0 Å². The summed E-state index contributed by atoms with van der Waals surface area (Å²) in [4.78, 5) is 0. The fourth-order valence-corrected chi connectivity index (χ4v) is 1.97. The molecular formula is C12H12FN. The summed E-state index contributed by atoms with van der Waals surface area (Å²) in [7, 11) is 0. The standard InChI is InChI=1S/C12H12FN/c13-11-4-1-3-10(7-11)8-12(9-14)5-2-6-12/h1,3-4,7H,2,5-6,8H2. The number of rotatable bonds is 2. The van der Waals surface area contributed by atoms with E-state index in [4.69, 9.17) is 5.26 Å². The van der Waals surface area contributed by atoms with Gasteiger partial charge in [-0.25, -0.2) is 4.39 Å². The minimum Gasteiger partial charge on any atom is -0.207 e. The zero-order valence-corrected chi connectivity index (χ0v) is 7.96. The Kier molecular flexibility index (Phi) is 2.25. The van der Waals surface area contributed by atoms with Crippen LogP contribution in [0, 0.1) is 22.6 Å². The Morgan fingerprint density at radius 2 is 2.21 bits per heavy atom. The molecule has 1 saturated carbocycles. The summed E-state index contributed by atoms with van der Waals surface area (Å²) in [6, 6.07) is 8.91. The van der Waals surface area contributed by atoms with Crippen LogP contribution in [0.25, 0.3) is 0 Å². The van der Waals surface area contributed by atoms with Gasteiger partial charge >= 0.3 is 0 Å². The average Bonchev–Trinajstić information content (AvgIpc) is 2.11. The lowest BCUT2D eigenvalue weighted by Gasteiger charge is -2.35. The Hall–Kier alpha value is -1.36. The SMILES string of the molecule is N#CC1(Cc2cccc(F)c2)CCC1. The van der Waals surface area contributed by atoms with Crippen molar-refractivity contribution < 1.29 is 4.39 Å². The van der Waals surface area contributed by atoms with Gasteiger partial charge in [0.05, 0.1) is 11.5 Å². The van der Waals surface area contributed by atoms with Gasteiger partial charge in [0.25, 0.3) is 0 Å². The van der Waals surface area contributed by atoms with Crippen LogP contribution in [-0.2, 0) is 6.42 Å². The second kappa shape index (κ2) is 3.42. The minimum atomic E-state index is -0.213. The molecule has 1 aromatic rings. The third-order valence-electron chi connectivity index (χ3n) is 2.98. The maximum Gasteiger partial charge on any atom is 0.123 e. The first kappa shape index (κ1) is 9.21. The molecule has 0 saturated heterocycles. The molecule has 1 aliphatic rings. The lowest BCUT2D eigenvalue weighted by atomic mass is 9.66. The van der Waals surface area contributed by atoms with E-state index in [2.05, 4.69) is 6.07 Å². The van der Waals surface area contributed by atoms with Crippen molar-refractivity contribution in [1.29, 1.82) is 5.26 Å². The van der Waals surface area contributed by atoms with Gasteiger partial charge < -0.3 is 0 Å². The highest BCUT2D eigenvalue weighted by atomic mass is 19.1. The Labute approximate surface area is 83.2 Å². The van der Waals surface area contributed by atoms with Crippen molar-refractivity contribution in [3.63, 3.8) is 0 Å². The van der Waals surface area contributed by atoms with Gasteiger partial charge in [0.15, 0.2) is 0 Å². The third kappa shape index (κ3) is 1.63. The topological polar surface area (TPSA) is 23.8 Å². The highest BCUT2D eigenvalue weighted by Crippen LogP contribution is 2.42. The fourth-order valence-electron chi connectivity index (χ4n) is 1.97. The maximum absolute atomic E-state index is 12.9. The first-order chi connectivity index (χ1) is 6.74. The number of benzene rings is 1. The van der Waals surface area contributed by atoms with E-state index in [-0.39, 0.29) is 11.2 Å². The van der Waals surface area contributed by atoms with E-state index in [0.29, 0.717) is 6.42 Å². The van der Waals surface area contributed by atoms with Crippen molar-refractivity contribution in [1.82, 2.24) is 0 Å². The molecule has 0 unspecified atom stereocenters. The Bertz CT molecular complexity index is 374. The van der Waals surface area contributed by atoms with Crippen LogP contribution in [0.3, 0.4) is 0 Å². The van der Waals surface area contributed by atoms with E-state index in [1.165, 1.54) is 12.1 Å². The second-order valence-electron chi connectivity index (χ2n) is 4.05. The highest BCUT2D eigenvalue weighted by molar-refractivity contribution is 5.21. The van der Waals surface area contributed by atoms with E-state index in [0.717, 1.165) is 24.8 Å². The van der Waals surface area contributed by atoms with Crippen LogP contribution in [-0.4, -0.2) is 0 Å². The first-order valence-corrected chi connectivity index (χ1v) is 4.90. The van der Waals surface area contributed by atoms with E-state index >= 15 is 0 Å². The Morgan fingerprint density at radius 1 is 1.43 bits per heavy atom. The van der Waals surface area contributed by atoms with Crippen molar-refractivity contribution in [3.8, 4) is 6.07 Å². The van der Waals surface area contributed by atoms with Crippen molar-refractivity contribution in [3.05, 3.63) is 35.6 Å². The summed E-state index contributed by atoms with van der Waals surface area (Å²) in [5.74, 6) is -0.213. The predicted molar refractivity (Wildman–Crippen MR) is 52.0 cm³/mol. The summed E-state index contributed by atoms with van der Waals surface area (Å²) >= 11 is 0. The molecule has 2 heteroatoms. The summed E-state index contributed by atoms with van der Waals surface area (Å²) in [5.41, 5.74) is 0.736. The van der Waals surface area contributed by atoms with Gasteiger partial charge in [-0.3, -0.25) is 0 Å². The molecule has 0 spiro atoms. The van der Waals surface area contributed by atoms with Crippen molar-refractivity contribution in [2.45, 2.75) is 25.7 Å². The van der Waals surface area contributed by atoms with Gasteiger partial charge in [-0.2, -0.15) is 5.26 Å². The quantitative estimate of drug-likeness (QED) is 0.701. The summed E-state index contributed by atoms with van der Waals surface area (Å²) in [5, 5.41) is 9.02. The van der Waals surface area contributed by atoms with Gasteiger partial charge in [0, 0.05) is 0 Å². The number of nitrogens with zero attached hydrogens (tertiary/aromatic N) is 1. The highest BCUT2D eigenvalue weighted by Gasteiger charge is 2.37. The van der Waals surface area contributed by atoms with Crippen LogP contribution < -0.4 is 0 Å². The summed E-state index contributed by atoms with van der Waals surface area (Å²) in [6.07, 6.45) is 3.74. The van der Waals surface area contributed by atoms with Gasteiger partial charge in [0.1, 0.15) is 5.82 Å². The molecule has 1 fully saturated rings. The smallest absolute Gasteiger partial charge is 0.123 e. The van der Waals surface area contributed by atoms with Gasteiger partial charge in [-0.1, -0.05) is 18.6 Å². The minimum absolute atomic E-state index is 0.201. The molecule has 1 nitrogen and oxygen atoms in total. The molecule has 0 bridgehead atoms. The molecule has 1 aliphatic carbocycles. The Balaban J connectivity index is 2.14. The zero-order chi connectivity index (χ0) is 10.0. The Morgan fingerprint density at radius 3 is 2.71 bits per heavy atom. The molecule has 14 heavy (non-hydrogen) atoms. The number of nitriles is 1. The second-order valence-corrected chi connectivity index (χ2v) is 4.05. The predicted octanol–water partition coefficient (Wildman–Crippen LogP) is 3.06. The van der Waals surface area contributed by atoms with E-state index in [1.54, 1.807) is 6.07 Å². The van der Waals surface area contributed by atoms with Gasteiger partial charge in [-0.05, 0) is 37.0 Å². The van der Waals surface area contributed by atoms with Crippen LogP contribution in [0.1, 0.15) is 24.8 Å². The van der Waals surface area contributed by atoms with Crippen molar-refractivity contribution in [2.75, 3.05) is 0 Å². The van der Waals surface area contributed by atoms with Crippen LogP contribution >= 0.6 is 0 Å². The molecule has 0 atom stereocenters. The molecule has 0 amide bonds. The third-order valence-corrected chi connectivity index (χ3v) is 2.98. The monoisotopic (exact) mass is 189 g/mol. The number of halogens is 1. The average molecular weight is 189 g/mol.